The van der Waals surface area contributed by atoms with Crippen LogP contribution in [0, 0.1) is 0 Å². The summed E-state index contributed by atoms with van der Waals surface area (Å²) in [7, 11) is -2.15. The maximum atomic E-state index is 10.7. The SMILES string of the molecule is C=CO[P+](=O)OC=Cn1ccnc1. The highest BCUT2D eigenvalue weighted by atomic mass is 31.1. The van der Waals surface area contributed by atoms with Crippen molar-refractivity contribution in [3.63, 3.8) is 0 Å². The maximum Gasteiger partial charge on any atom is 0.804 e. The summed E-state index contributed by atoms with van der Waals surface area (Å²) in [5.41, 5.74) is 0. The first-order chi connectivity index (χ1) is 6.33. The van der Waals surface area contributed by atoms with Crippen LogP contribution in [0.4, 0.5) is 0 Å². The van der Waals surface area contributed by atoms with Gasteiger partial charge in [-0.1, -0.05) is 6.58 Å². The van der Waals surface area contributed by atoms with Crippen molar-refractivity contribution in [2.24, 2.45) is 0 Å². The molecule has 0 aliphatic heterocycles. The molecule has 0 aliphatic rings. The van der Waals surface area contributed by atoms with Gasteiger partial charge in [0, 0.05) is 17.0 Å². The average Bonchev–Trinajstić information content (AvgIpc) is 2.57. The molecule has 0 saturated heterocycles. The number of imidazole rings is 1. The minimum Gasteiger partial charge on any atom is -0.310 e. The molecular formula is C7H8N2O3P+. The van der Waals surface area contributed by atoms with Crippen LogP contribution in [-0.4, -0.2) is 9.55 Å². The van der Waals surface area contributed by atoms with Gasteiger partial charge in [0.1, 0.15) is 6.26 Å². The molecule has 1 atom stereocenters. The lowest BCUT2D eigenvalue weighted by Crippen LogP contribution is -1.78. The van der Waals surface area contributed by atoms with E-state index in [0.717, 1.165) is 6.26 Å². The van der Waals surface area contributed by atoms with E-state index in [1.54, 1.807) is 29.5 Å². The van der Waals surface area contributed by atoms with E-state index >= 15 is 0 Å². The zero-order valence-electron chi connectivity index (χ0n) is 6.74. The Kier molecular flexibility index (Phi) is 3.73. The smallest absolute Gasteiger partial charge is 0.310 e. The topological polar surface area (TPSA) is 53.4 Å². The third-order valence-electron chi connectivity index (χ3n) is 1.07. The third-order valence-corrected chi connectivity index (χ3v) is 1.68. The summed E-state index contributed by atoms with van der Waals surface area (Å²) in [6, 6.07) is 0. The predicted octanol–water partition coefficient (Wildman–Crippen LogP) is 2.15. The van der Waals surface area contributed by atoms with Crippen LogP contribution in [0.15, 0.2) is 37.8 Å². The largest absolute Gasteiger partial charge is 0.804 e. The normalized spacial score (nSPS) is 11.2. The van der Waals surface area contributed by atoms with Crippen LogP contribution in [0.2, 0.25) is 0 Å². The summed E-state index contributed by atoms with van der Waals surface area (Å²) in [6.45, 7) is 3.23. The molecule has 5 nitrogen and oxygen atoms in total. The number of aromatic nitrogens is 2. The highest BCUT2D eigenvalue weighted by Crippen LogP contribution is 2.23. The summed E-state index contributed by atoms with van der Waals surface area (Å²) in [4.78, 5) is 3.79. The Morgan fingerprint density at radius 1 is 1.54 bits per heavy atom. The summed E-state index contributed by atoms with van der Waals surface area (Å²) in [5.74, 6) is 0. The molecule has 1 aromatic heterocycles. The summed E-state index contributed by atoms with van der Waals surface area (Å²) >= 11 is 0. The summed E-state index contributed by atoms with van der Waals surface area (Å²) in [6.07, 6.45) is 8.76. The number of hydrogen-bond acceptors (Lipinski definition) is 4. The van der Waals surface area contributed by atoms with Crippen molar-refractivity contribution in [1.82, 2.24) is 9.55 Å². The van der Waals surface area contributed by atoms with E-state index in [-0.39, 0.29) is 0 Å². The van der Waals surface area contributed by atoms with E-state index in [4.69, 9.17) is 0 Å². The Balaban J connectivity index is 2.34. The molecule has 0 N–H and O–H groups in total. The van der Waals surface area contributed by atoms with Gasteiger partial charge in [0.25, 0.3) is 0 Å². The van der Waals surface area contributed by atoms with Crippen LogP contribution < -0.4 is 0 Å². The lowest BCUT2D eigenvalue weighted by molar-refractivity contribution is 0.357. The first-order valence-corrected chi connectivity index (χ1v) is 4.48. The molecule has 68 valence electrons. The molecule has 0 spiro atoms. The fourth-order valence-corrected chi connectivity index (χ4v) is 0.916. The van der Waals surface area contributed by atoms with Crippen molar-refractivity contribution >= 4 is 14.5 Å². The van der Waals surface area contributed by atoms with E-state index in [2.05, 4.69) is 20.6 Å². The van der Waals surface area contributed by atoms with Gasteiger partial charge in [0.15, 0.2) is 6.26 Å². The van der Waals surface area contributed by atoms with Gasteiger partial charge >= 0.3 is 8.25 Å². The first kappa shape index (κ1) is 9.48. The van der Waals surface area contributed by atoms with Gasteiger partial charge < -0.3 is 4.57 Å². The molecule has 0 fully saturated rings. The summed E-state index contributed by atoms with van der Waals surface area (Å²) in [5, 5.41) is 0. The molecule has 1 aromatic rings. The highest BCUT2D eigenvalue weighted by molar-refractivity contribution is 7.33. The first-order valence-electron chi connectivity index (χ1n) is 3.39. The van der Waals surface area contributed by atoms with Crippen LogP contribution in [0.25, 0.3) is 6.20 Å². The average molecular weight is 199 g/mol. The quantitative estimate of drug-likeness (QED) is 0.538. The van der Waals surface area contributed by atoms with Crippen LogP contribution in [0.5, 0.6) is 0 Å². The van der Waals surface area contributed by atoms with Crippen molar-refractivity contribution in [1.29, 1.82) is 0 Å². The second-order valence-electron chi connectivity index (χ2n) is 1.90. The maximum absolute atomic E-state index is 10.7. The molecule has 6 heteroatoms. The zero-order chi connectivity index (χ0) is 9.52. The summed E-state index contributed by atoms with van der Waals surface area (Å²) < 4.78 is 21.4. The number of nitrogens with zero attached hydrogens (tertiary/aromatic N) is 2. The van der Waals surface area contributed by atoms with E-state index < -0.39 is 8.25 Å². The Morgan fingerprint density at radius 3 is 3.00 bits per heavy atom. The molecular weight excluding hydrogens is 191 g/mol. The minimum absolute atomic E-state index is 1.06. The highest BCUT2D eigenvalue weighted by Gasteiger charge is 2.16. The zero-order valence-corrected chi connectivity index (χ0v) is 7.63. The molecule has 0 radical (unpaired) electrons. The molecule has 1 rings (SSSR count). The molecule has 0 bridgehead atoms. The van der Waals surface area contributed by atoms with Crippen LogP contribution >= 0.6 is 8.25 Å². The molecule has 0 saturated carbocycles. The number of hydrogen-bond donors (Lipinski definition) is 0. The minimum atomic E-state index is -2.15. The van der Waals surface area contributed by atoms with Gasteiger partial charge in [-0.15, -0.1) is 0 Å². The second kappa shape index (κ2) is 5.11. The third kappa shape index (κ3) is 3.53. The predicted molar refractivity (Wildman–Crippen MR) is 47.5 cm³/mol. The van der Waals surface area contributed by atoms with E-state index in [9.17, 15) is 4.57 Å². The number of rotatable bonds is 5. The molecule has 1 heterocycles. The monoisotopic (exact) mass is 199 g/mol. The molecule has 0 amide bonds. The van der Waals surface area contributed by atoms with E-state index in [0.29, 0.717) is 0 Å². The fraction of sp³-hybridized carbons (Fsp3) is 0. The lowest BCUT2D eigenvalue weighted by atomic mass is 10.8. The Hall–Kier alpha value is -1.61. The Morgan fingerprint density at radius 2 is 2.38 bits per heavy atom. The van der Waals surface area contributed by atoms with Gasteiger partial charge in [-0.25, -0.2) is 14.0 Å². The van der Waals surface area contributed by atoms with Crippen LogP contribution in [0.3, 0.4) is 0 Å². The lowest BCUT2D eigenvalue weighted by Gasteiger charge is -1.85. The van der Waals surface area contributed by atoms with Gasteiger partial charge in [0.05, 0.1) is 12.5 Å². The van der Waals surface area contributed by atoms with Crippen molar-refractivity contribution in [3.8, 4) is 0 Å². The Labute approximate surface area is 76.3 Å². The van der Waals surface area contributed by atoms with Crippen molar-refractivity contribution in [2.45, 2.75) is 0 Å². The van der Waals surface area contributed by atoms with Gasteiger partial charge in [-0.3, -0.25) is 0 Å². The second-order valence-corrected chi connectivity index (χ2v) is 2.76. The fourth-order valence-electron chi connectivity index (χ4n) is 0.590. The van der Waals surface area contributed by atoms with Crippen LogP contribution in [-0.2, 0) is 13.6 Å². The van der Waals surface area contributed by atoms with E-state index in [1.165, 1.54) is 6.26 Å². The van der Waals surface area contributed by atoms with Gasteiger partial charge in [0.2, 0.25) is 0 Å². The Bertz CT molecular complexity index is 308. The van der Waals surface area contributed by atoms with Crippen molar-refractivity contribution in [3.05, 3.63) is 37.8 Å². The standard InChI is InChI=1S/C7H8N2O3P/c1-2-11-13(10)12-6-5-9-4-3-8-7-9/h2-7H,1H2/q+1. The van der Waals surface area contributed by atoms with Gasteiger partial charge in [-0.05, 0) is 0 Å². The molecule has 0 aliphatic carbocycles. The van der Waals surface area contributed by atoms with Gasteiger partial charge in [-0.2, -0.15) is 0 Å². The molecule has 13 heavy (non-hydrogen) atoms. The van der Waals surface area contributed by atoms with E-state index in [1.807, 2.05) is 0 Å². The van der Waals surface area contributed by atoms with Crippen molar-refractivity contribution in [2.75, 3.05) is 0 Å². The molecule has 0 aromatic carbocycles. The van der Waals surface area contributed by atoms with Crippen molar-refractivity contribution < 1.29 is 13.6 Å². The van der Waals surface area contributed by atoms with Crippen LogP contribution in [0.1, 0.15) is 0 Å². The molecule has 1 unspecified atom stereocenters.